The third-order valence-corrected chi connectivity index (χ3v) is 5.18. The zero-order valence-electron chi connectivity index (χ0n) is 12.6. The molecule has 0 spiro atoms. The van der Waals surface area contributed by atoms with Gasteiger partial charge in [0.25, 0.3) is 0 Å². The summed E-state index contributed by atoms with van der Waals surface area (Å²) in [6.45, 7) is 1.06. The quantitative estimate of drug-likeness (QED) is 0.757. The van der Waals surface area contributed by atoms with E-state index >= 15 is 0 Å². The van der Waals surface area contributed by atoms with E-state index in [2.05, 4.69) is 59.5 Å². The Labute approximate surface area is 137 Å². The van der Waals surface area contributed by atoms with Gasteiger partial charge in [-0.15, -0.1) is 0 Å². The SMILES string of the molecule is Clc1cccc(C2=CC3CCC(C2)N3Cc2ccccc2)c1. The van der Waals surface area contributed by atoms with Crippen molar-refractivity contribution in [2.24, 2.45) is 0 Å². The summed E-state index contributed by atoms with van der Waals surface area (Å²) < 4.78 is 0. The van der Waals surface area contributed by atoms with Crippen molar-refractivity contribution in [1.29, 1.82) is 0 Å². The number of benzene rings is 2. The van der Waals surface area contributed by atoms with Crippen LogP contribution in [0.4, 0.5) is 0 Å². The van der Waals surface area contributed by atoms with E-state index in [4.69, 9.17) is 11.6 Å². The lowest BCUT2D eigenvalue weighted by Crippen LogP contribution is -2.37. The van der Waals surface area contributed by atoms with Crippen molar-refractivity contribution < 1.29 is 0 Å². The molecule has 0 amide bonds. The summed E-state index contributed by atoms with van der Waals surface area (Å²) in [5, 5.41) is 0.831. The van der Waals surface area contributed by atoms with Crippen LogP contribution in [0.15, 0.2) is 60.7 Å². The van der Waals surface area contributed by atoms with Gasteiger partial charge in [-0.05, 0) is 48.1 Å². The lowest BCUT2D eigenvalue weighted by Gasteiger charge is -2.34. The molecule has 2 atom stereocenters. The van der Waals surface area contributed by atoms with Crippen molar-refractivity contribution >= 4 is 17.2 Å². The van der Waals surface area contributed by atoms with Crippen molar-refractivity contribution in [1.82, 2.24) is 4.90 Å². The van der Waals surface area contributed by atoms with Gasteiger partial charge < -0.3 is 0 Å². The second-order valence-electron chi connectivity index (χ2n) is 6.36. The van der Waals surface area contributed by atoms with E-state index in [0.29, 0.717) is 12.1 Å². The average Bonchev–Trinajstić information content (AvgIpc) is 2.78. The molecule has 1 nitrogen and oxygen atoms in total. The topological polar surface area (TPSA) is 3.24 Å². The molecule has 2 aliphatic heterocycles. The zero-order valence-corrected chi connectivity index (χ0v) is 13.3. The third-order valence-electron chi connectivity index (χ3n) is 4.94. The Hall–Kier alpha value is -1.57. The Morgan fingerprint density at radius 2 is 1.86 bits per heavy atom. The van der Waals surface area contributed by atoms with Crippen LogP contribution < -0.4 is 0 Å². The third kappa shape index (κ3) is 2.71. The Kier molecular flexibility index (Phi) is 3.77. The van der Waals surface area contributed by atoms with Gasteiger partial charge in [-0.25, -0.2) is 0 Å². The highest BCUT2D eigenvalue weighted by Crippen LogP contribution is 2.39. The highest BCUT2D eigenvalue weighted by atomic mass is 35.5. The van der Waals surface area contributed by atoms with Crippen molar-refractivity contribution in [3.8, 4) is 0 Å². The van der Waals surface area contributed by atoms with Crippen LogP contribution >= 0.6 is 11.6 Å². The van der Waals surface area contributed by atoms with Crippen LogP contribution in [0, 0.1) is 0 Å². The molecule has 112 valence electrons. The molecule has 22 heavy (non-hydrogen) atoms. The van der Waals surface area contributed by atoms with Gasteiger partial charge in [-0.3, -0.25) is 4.90 Å². The van der Waals surface area contributed by atoms with Gasteiger partial charge in [0.2, 0.25) is 0 Å². The van der Waals surface area contributed by atoms with E-state index in [1.807, 2.05) is 6.07 Å². The maximum Gasteiger partial charge on any atom is 0.0412 e. The van der Waals surface area contributed by atoms with Gasteiger partial charge in [0.1, 0.15) is 0 Å². The first-order chi connectivity index (χ1) is 10.8. The first kappa shape index (κ1) is 14.0. The van der Waals surface area contributed by atoms with Crippen molar-refractivity contribution in [3.05, 3.63) is 76.8 Å². The van der Waals surface area contributed by atoms with Crippen LogP contribution in [0.5, 0.6) is 0 Å². The van der Waals surface area contributed by atoms with Crippen LogP contribution in [0.1, 0.15) is 30.4 Å². The Balaban J connectivity index is 1.57. The minimum absolute atomic E-state index is 0.577. The molecular weight excluding hydrogens is 290 g/mol. The molecule has 0 saturated carbocycles. The number of nitrogens with zero attached hydrogens (tertiary/aromatic N) is 1. The fourth-order valence-corrected chi connectivity index (χ4v) is 4.05. The zero-order chi connectivity index (χ0) is 14.9. The van der Waals surface area contributed by atoms with Crippen LogP contribution in [0.2, 0.25) is 5.02 Å². The van der Waals surface area contributed by atoms with E-state index in [1.54, 1.807) is 0 Å². The van der Waals surface area contributed by atoms with E-state index in [-0.39, 0.29) is 0 Å². The van der Waals surface area contributed by atoms with Crippen LogP contribution in [0.25, 0.3) is 5.57 Å². The number of hydrogen-bond donors (Lipinski definition) is 0. The van der Waals surface area contributed by atoms with Gasteiger partial charge in [-0.2, -0.15) is 0 Å². The van der Waals surface area contributed by atoms with Gasteiger partial charge >= 0.3 is 0 Å². The molecule has 0 radical (unpaired) electrons. The Bertz CT molecular complexity index is 692. The fraction of sp³-hybridized carbons (Fsp3) is 0.300. The lowest BCUT2D eigenvalue weighted by molar-refractivity contribution is 0.203. The minimum atomic E-state index is 0.577. The second-order valence-corrected chi connectivity index (χ2v) is 6.80. The monoisotopic (exact) mass is 309 g/mol. The summed E-state index contributed by atoms with van der Waals surface area (Å²) in [5.74, 6) is 0. The molecule has 1 fully saturated rings. The Morgan fingerprint density at radius 3 is 2.64 bits per heavy atom. The molecule has 0 N–H and O–H groups in total. The predicted molar refractivity (Wildman–Crippen MR) is 92.8 cm³/mol. The number of rotatable bonds is 3. The van der Waals surface area contributed by atoms with Crippen molar-refractivity contribution in [2.45, 2.75) is 37.9 Å². The van der Waals surface area contributed by atoms with Gasteiger partial charge in [0.15, 0.2) is 0 Å². The summed E-state index contributed by atoms with van der Waals surface area (Å²) in [4.78, 5) is 2.67. The molecule has 2 unspecified atom stereocenters. The van der Waals surface area contributed by atoms with Crippen LogP contribution in [0.3, 0.4) is 0 Å². The molecule has 0 aliphatic carbocycles. The van der Waals surface area contributed by atoms with Gasteiger partial charge in [0.05, 0.1) is 0 Å². The number of fused-ring (bicyclic) bond motifs is 2. The fourth-order valence-electron chi connectivity index (χ4n) is 3.86. The van der Waals surface area contributed by atoms with Crippen molar-refractivity contribution in [2.75, 3.05) is 0 Å². The molecule has 2 aromatic carbocycles. The molecule has 2 heterocycles. The van der Waals surface area contributed by atoms with E-state index in [0.717, 1.165) is 18.0 Å². The molecule has 2 aliphatic rings. The van der Waals surface area contributed by atoms with E-state index in [1.165, 1.54) is 29.5 Å². The summed E-state index contributed by atoms with van der Waals surface area (Å²) >= 11 is 6.15. The molecule has 2 aromatic rings. The van der Waals surface area contributed by atoms with Gasteiger partial charge in [0, 0.05) is 23.7 Å². The van der Waals surface area contributed by atoms with E-state index in [9.17, 15) is 0 Å². The lowest BCUT2D eigenvalue weighted by atomic mass is 9.94. The summed E-state index contributed by atoms with van der Waals surface area (Å²) in [7, 11) is 0. The predicted octanol–water partition coefficient (Wildman–Crippen LogP) is 5.16. The summed E-state index contributed by atoms with van der Waals surface area (Å²) in [6.07, 6.45) is 6.20. The number of halogens is 1. The second kappa shape index (κ2) is 5.91. The number of hydrogen-bond acceptors (Lipinski definition) is 1. The van der Waals surface area contributed by atoms with Crippen LogP contribution in [-0.4, -0.2) is 17.0 Å². The minimum Gasteiger partial charge on any atom is -0.289 e. The highest BCUT2D eigenvalue weighted by Gasteiger charge is 2.36. The normalized spacial score (nSPS) is 24.3. The van der Waals surface area contributed by atoms with Gasteiger partial charge in [-0.1, -0.05) is 60.1 Å². The van der Waals surface area contributed by atoms with Crippen molar-refractivity contribution in [3.63, 3.8) is 0 Å². The molecule has 4 rings (SSSR count). The van der Waals surface area contributed by atoms with E-state index < -0.39 is 0 Å². The molecule has 0 aromatic heterocycles. The first-order valence-corrected chi connectivity index (χ1v) is 8.44. The molecular formula is C20H20ClN. The first-order valence-electron chi connectivity index (χ1n) is 8.06. The molecule has 2 heteroatoms. The standard InChI is InChI=1S/C20H20ClN/c21-18-8-4-7-16(11-18)17-12-19-9-10-20(13-17)22(19)14-15-5-2-1-3-6-15/h1-8,11-12,19-20H,9-10,13-14H2. The largest absolute Gasteiger partial charge is 0.289 e. The molecule has 1 saturated heterocycles. The maximum atomic E-state index is 6.15. The smallest absolute Gasteiger partial charge is 0.0412 e. The molecule has 2 bridgehead atoms. The average molecular weight is 310 g/mol. The summed E-state index contributed by atoms with van der Waals surface area (Å²) in [6, 6.07) is 20.3. The summed E-state index contributed by atoms with van der Waals surface area (Å²) in [5.41, 5.74) is 4.18. The highest BCUT2D eigenvalue weighted by molar-refractivity contribution is 6.30. The maximum absolute atomic E-state index is 6.15. The Morgan fingerprint density at radius 1 is 1.00 bits per heavy atom. The van der Waals surface area contributed by atoms with Crippen LogP contribution in [-0.2, 0) is 6.54 Å².